The lowest BCUT2D eigenvalue weighted by Gasteiger charge is -2.51. The topological polar surface area (TPSA) is 99.0 Å². The molecule has 0 atom stereocenters. The van der Waals surface area contributed by atoms with Crippen LogP contribution in [0.4, 0.5) is 4.79 Å². The maximum atomic E-state index is 13.8. The number of nitrogens with two attached hydrogens (primary N) is 1. The molecule has 0 radical (unpaired) electrons. The number of benzene rings is 1. The minimum Gasteiger partial charge on any atom is -0.368 e. The van der Waals surface area contributed by atoms with Crippen LogP contribution in [0.5, 0.6) is 0 Å². The van der Waals surface area contributed by atoms with E-state index in [1.807, 2.05) is 18.7 Å². The van der Waals surface area contributed by atoms with E-state index in [0.29, 0.717) is 19.0 Å². The number of amides is 4. The second kappa shape index (κ2) is 10.0. The van der Waals surface area contributed by atoms with Crippen molar-refractivity contribution >= 4 is 17.8 Å². The third-order valence-electron chi connectivity index (χ3n) is 9.02. The largest absolute Gasteiger partial charge is 0.368 e. The molecule has 0 unspecified atom stereocenters. The molecule has 2 saturated carbocycles. The highest BCUT2D eigenvalue weighted by Gasteiger charge is 2.55. The Morgan fingerprint density at radius 2 is 1.75 bits per heavy atom. The third-order valence-corrected chi connectivity index (χ3v) is 9.02. The average molecular weight is 498 g/mol. The lowest BCUT2D eigenvalue weighted by molar-refractivity contribution is -0.131. The SMILES string of the molecule is CN(C)[C@]1(c2ccccc2)CC[C@]2(CC1)CN(CC(C)(C)C(=O)NCC(N)=O)C(=O)N2CC1CCC1. The van der Waals surface area contributed by atoms with Gasteiger partial charge in [-0.3, -0.25) is 14.5 Å². The van der Waals surface area contributed by atoms with Crippen molar-refractivity contribution in [3.8, 4) is 0 Å². The summed E-state index contributed by atoms with van der Waals surface area (Å²) in [5.41, 5.74) is 5.46. The normalized spacial score (nSPS) is 27.0. The maximum Gasteiger partial charge on any atom is 0.320 e. The van der Waals surface area contributed by atoms with Gasteiger partial charge in [-0.05, 0) is 77.9 Å². The predicted molar refractivity (Wildman–Crippen MR) is 140 cm³/mol. The van der Waals surface area contributed by atoms with Crippen LogP contribution in [0, 0.1) is 11.3 Å². The molecule has 1 aromatic rings. The summed E-state index contributed by atoms with van der Waals surface area (Å²) < 4.78 is 0. The fourth-order valence-corrected chi connectivity index (χ4v) is 6.47. The van der Waals surface area contributed by atoms with Crippen LogP contribution in [0.3, 0.4) is 0 Å². The van der Waals surface area contributed by atoms with E-state index in [4.69, 9.17) is 5.73 Å². The summed E-state index contributed by atoms with van der Waals surface area (Å²) >= 11 is 0. The van der Waals surface area contributed by atoms with Crippen molar-refractivity contribution in [3.05, 3.63) is 35.9 Å². The first-order chi connectivity index (χ1) is 17.0. The van der Waals surface area contributed by atoms with Crippen molar-refractivity contribution in [1.29, 1.82) is 0 Å². The summed E-state index contributed by atoms with van der Waals surface area (Å²) in [7, 11) is 4.33. The van der Waals surface area contributed by atoms with Gasteiger partial charge in [0.15, 0.2) is 0 Å². The third kappa shape index (κ3) is 4.97. The Labute approximate surface area is 215 Å². The van der Waals surface area contributed by atoms with E-state index in [2.05, 4.69) is 59.5 Å². The molecule has 4 amide bonds. The molecule has 1 aliphatic heterocycles. The fourth-order valence-electron chi connectivity index (χ4n) is 6.47. The number of nitrogens with zero attached hydrogens (tertiary/aromatic N) is 3. The summed E-state index contributed by atoms with van der Waals surface area (Å²) in [5.74, 6) is -0.265. The molecule has 1 saturated heterocycles. The van der Waals surface area contributed by atoms with Gasteiger partial charge in [-0.25, -0.2) is 4.79 Å². The zero-order valence-electron chi connectivity index (χ0n) is 22.4. The van der Waals surface area contributed by atoms with Crippen LogP contribution < -0.4 is 11.1 Å². The molecule has 36 heavy (non-hydrogen) atoms. The molecule has 0 aromatic heterocycles. The molecule has 3 fully saturated rings. The molecule has 8 heteroatoms. The Kier molecular flexibility index (Phi) is 7.37. The van der Waals surface area contributed by atoms with Crippen LogP contribution in [0.25, 0.3) is 0 Å². The van der Waals surface area contributed by atoms with E-state index in [9.17, 15) is 14.4 Å². The Morgan fingerprint density at radius 1 is 1.11 bits per heavy atom. The van der Waals surface area contributed by atoms with E-state index < -0.39 is 11.3 Å². The molecule has 198 valence electrons. The van der Waals surface area contributed by atoms with Crippen molar-refractivity contribution in [1.82, 2.24) is 20.0 Å². The number of urea groups is 1. The van der Waals surface area contributed by atoms with Gasteiger partial charge < -0.3 is 20.9 Å². The smallest absolute Gasteiger partial charge is 0.320 e. The summed E-state index contributed by atoms with van der Waals surface area (Å²) in [4.78, 5) is 44.2. The number of primary amides is 1. The van der Waals surface area contributed by atoms with Crippen LogP contribution in [-0.4, -0.2) is 78.4 Å². The molecule has 0 bridgehead atoms. The monoisotopic (exact) mass is 497 g/mol. The molecule has 2 aliphatic carbocycles. The predicted octanol–water partition coefficient (Wildman–Crippen LogP) is 2.92. The highest BCUT2D eigenvalue weighted by molar-refractivity contribution is 5.87. The Morgan fingerprint density at radius 3 is 2.28 bits per heavy atom. The number of hydrogen-bond acceptors (Lipinski definition) is 4. The van der Waals surface area contributed by atoms with Crippen LogP contribution in [0.2, 0.25) is 0 Å². The zero-order chi connectivity index (χ0) is 26.1. The number of nitrogens with one attached hydrogen (secondary N) is 1. The average Bonchev–Trinajstić information content (AvgIpc) is 3.05. The van der Waals surface area contributed by atoms with E-state index in [1.165, 1.54) is 24.8 Å². The van der Waals surface area contributed by atoms with Crippen molar-refractivity contribution in [2.75, 3.05) is 40.3 Å². The van der Waals surface area contributed by atoms with Crippen molar-refractivity contribution in [2.45, 2.75) is 69.9 Å². The van der Waals surface area contributed by atoms with Gasteiger partial charge in [-0.2, -0.15) is 0 Å². The van der Waals surface area contributed by atoms with Crippen LogP contribution in [-0.2, 0) is 15.1 Å². The highest BCUT2D eigenvalue weighted by Crippen LogP contribution is 2.50. The molecule has 3 aliphatic rings. The van der Waals surface area contributed by atoms with Crippen molar-refractivity contribution in [2.24, 2.45) is 17.1 Å². The first kappa shape index (κ1) is 26.5. The van der Waals surface area contributed by atoms with Crippen LogP contribution >= 0.6 is 0 Å². The summed E-state index contributed by atoms with van der Waals surface area (Å²) in [5, 5.41) is 2.61. The number of carbonyl (C=O) groups excluding carboxylic acids is 3. The second-order valence-electron chi connectivity index (χ2n) is 12.1. The maximum absolute atomic E-state index is 13.8. The lowest BCUT2D eigenvalue weighted by atomic mass is 9.68. The van der Waals surface area contributed by atoms with Gasteiger partial charge in [0.25, 0.3) is 0 Å². The standard InChI is InChI=1S/C28H43N5O3/c1-26(2,24(35)30-17-23(29)34)19-32-20-27(33(25(32)36)18-21-9-8-10-21)13-15-28(16-14-27,31(3)4)22-11-6-5-7-12-22/h5-7,11-12,21H,8-10,13-20H2,1-4H3,(H2,29,34)(H,30,35)/t27-,28+. The summed E-state index contributed by atoms with van der Waals surface area (Å²) in [6.07, 6.45) is 7.45. The molecule has 8 nitrogen and oxygen atoms in total. The minimum absolute atomic E-state index is 0.0426. The van der Waals surface area contributed by atoms with Gasteiger partial charge >= 0.3 is 6.03 Å². The quantitative estimate of drug-likeness (QED) is 0.548. The van der Waals surface area contributed by atoms with E-state index in [0.717, 1.165) is 32.2 Å². The van der Waals surface area contributed by atoms with Gasteiger partial charge in [0, 0.05) is 25.2 Å². The lowest BCUT2D eigenvalue weighted by Crippen LogP contribution is -2.56. The summed E-state index contributed by atoms with van der Waals surface area (Å²) in [6, 6.07) is 10.8. The minimum atomic E-state index is -0.828. The molecule has 1 spiro atoms. The first-order valence-electron chi connectivity index (χ1n) is 13.4. The number of hydrogen-bond donors (Lipinski definition) is 2. The van der Waals surface area contributed by atoms with Crippen LogP contribution in [0.15, 0.2) is 30.3 Å². The Hall–Kier alpha value is -2.61. The number of carbonyl (C=O) groups is 3. The zero-order valence-corrected chi connectivity index (χ0v) is 22.4. The highest BCUT2D eigenvalue weighted by atomic mass is 16.2. The van der Waals surface area contributed by atoms with Crippen LogP contribution in [0.1, 0.15) is 64.4 Å². The summed E-state index contributed by atoms with van der Waals surface area (Å²) in [6.45, 7) is 5.22. The Bertz CT molecular complexity index is 965. The number of rotatable bonds is 9. The molecular formula is C28H43N5O3. The van der Waals surface area contributed by atoms with Gasteiger partial charge in [0.2, 0.25) is 11.8 Å². The van der Waals surface area contributed by atoms with E-state index >= 15 is 0 Å². The Balaban J connectivity index is 1.55. The molecular weight excluding hydrogens is 454 g/mol. The fraction of sp³-hybridized carbons (Fsp3) is 0.679. The first-order valence-corrected chi connectivity index (χ1v) is 13.4. The van der Waals surface area contributed by atoms with Gasteiger partial charge in [-0.15, -0.1) is 0 Å². The second-order valence-corrected chi connectivity index (χ2v) is 12.1. The molecule has 1 heterocycles. The van der Waals surface area contributed by atoms with Gasteiger partial charge in [-0.1, -0.05) is 36.8 Å². The van der Waals surface area contributed by atoms with Crippen molar-refractivity contribution in [3.63, 3.8) is 0 Å². The molecule has 3 N–H and O–H groups in total. The van der Waals surface area contributed by atoms with E-state index in [-0.39, 0.29) is 29.6 Å². The van der Waals surface area contributed by atoms with Gasteiger partial charge in [0.05, 0.1) is 17.5 Å². The molecule has 4 rings (SSSR count). The van der Waals surface area contributed by atoms with Crippen molar-refractivity contribution < 1.29 is 14.4 Å². The van der Waals surface area contributed by atoms with E-state index in [1.54, 1.807) is 0 Å². The molecule has 1 aromatic carbocycles. The van der Waals surface area contributed by atoms with Gasteiger partial charge in [0.1, 0.15) is 0 Å².